The number of carbonyl (C=O) groups excluding carboxylic acids is 1. The van der Waals surface area contributed by atoms with Gasteiger partial charge in [0.15, 0.2) is 0 Å². The molecule has 1 fully saturated rings. The highest BCUT2D eigenvalue weighted by atomic mass is 35.5. The van der Waals surface area contributed by atoms with Gasteiger partial charge in [-0.3, -0.25) is 4.79 Å². The van der Waals surface area contributed by atoms with Gasteiger partial charge in [-0.25, -0.2) is 0 Å². The number of carbonyl (C=O) groups is 1. The second-order valence-corrected chi connectivity index (χ2v) is 5.89. The minimum absolute atomic E-state index is 0.205. The molecule has 0 spiro atoms. The second kappa shape index (κ2) is 4.81. The summed E-state index contributed by atoms with van der Waals surface area (Å²) < 4.78 is 0. The molecule has 0 N–H and O–H groups in total. The van der Waals surface area contributed by atoms with E-state index < -0.39 is 0 Å². The van der Waals surface area contributed by atoms with Crippen LogP contribution in [0.1, 0.15) is 38.7 Å². The second-order valence-electron chi connectivity index (χ2n) is 5.49. The quantitative estimate of drug-likeness (QED) is 0.766. The van der Waals surface area contributed by atoms with Gasteiger partial charge in [0.25, 0.3) is 0 Å². The van der Waals surface area contributed by atoms with Gasteiger partial charge in [0.1, 0.15) is 5.78 Å². The molecule has 1 aliphatic carbocycles. The van der Waals surface area contributed by atoms with Crippen molar-refractivity contribution >= 4 is 17.4 Å². The zero-order valence-electron chi connectivity index (χ0n) is 10.5. The molecule has 2 atom stereocenters. The van der Waals surface area contributed by atoms with E-state index in [-0.39, 0.29) is 11.3 Å². The molecule has 0 radical (unpaired) electrons. The molecule has 2 rings (SSSR count). The van der Waals surface area contributed by atoms with Crippen molar-refractivity contribution in [3.05, 3.63) is 34.9 Å². The summed E-state index contributed by atoms with van der Waals surface area (Å²) in [6.45, 7) is 4.14. The monoisotopic (exact) mass is 250 g/mol. The van der Waals surface area contributed by atoms with Crippen LogP contribution in [0.15, 0.2) is 24.3 Å². The number of hydrogen-bond donors (Lipinski definition) is 0. The molecule has 2 unspecified atom stereocenters. The van der Waals surface area contributed by atoms with Gasteiger partial charge in [-0.05, 0) is 30.9 Å². The zero-order valence-corrected chi connectivity index (χ0v) is 11.3. The largest absolute Gasteiger partial charge is 0.299 e. The first kappa shape index (κ1) is 12.6. The van der Waals surface area contributed by atoms with Gasteiger partial charge in [0, 0.05) is 16.4 Å². The van der Waals surface area contributed by atoms with E-state index in [0.717, 1.165) is 36.3 Å². The average molecular weight is 251 g/mol. The Labute approximate surface area is 108 Å². The van der Waals surface area contributed by atoms with Gasteiger partial charge < -0.3 is 0 Å². The molecular formula is C15H19ClO. The van der Waals surface area contributed by atoms with Crippen molar-refractivity contribution in [1.29, 1.82) is 0 Å². The number of Topliss-reactive ketones (excluding diaryl/α,β-unsaturated/α-hetero) is 1. The average Bonchev–Trinajstić information content (AvgIpc) is 2.29. The Morgan fingerprint density at radius 1 is 1.41 bits per heavy atom. The third-order valence-electron chi connectivity index (χ3n) is 3.95. The third-order valence-corrected chi connectivity index (χ3v) is 4.32. The minimum atomic E-state index is -0.220. The van der Waals surface area contributed by atoms with E-state index >= 15 is 0 Å². The van der Waals surface area contributed by atoms with Crippen molar-refractivity contribution in [1.82, 2.24) is 0 Å². The normalized spacial score (nSPS) is 29.4. The van der Waals surface area contributed by atoms with Crippen molar-refractivity contribution < 1.29 is 4.79 Å². The summed E-state index contributed by atoms with van der Waals surface area (Å²) in [6.07, 6.45) is 3.95. The lowest BCUT2D eigenvalue weighted by Gasteiger charge is -2.35. The highest BCUT2D eigenvalue weighted by molar-refractivity contribution is 6.31. The number of halogens is 1. The van der Waals surface area contributed by atoms with E-state index in [1.54, 1.807) is 0 Å². The topological polar surface area (TPSA) is 17.1 Å². The van der Waals surface area contributed by atoms with Crippen molar-refractivity contribution in [2.45, 2.75) is 39.5 Å². The molecule has 17 heavy (non-hydrogen) atoms. The Balaban J connectivity index is 2.22. The molecule has 0 amide bonds. The van der Waals surface area contributed by atoms with E-state index in [4.69, 9.17) is 11.6 Å². The van der Waals surface area contributed by atoms with Crippen LogP contribution in [0.2, 0.25) is 5.02 Å². The van der Waals surface area contributed by atoms with Crippen LogP contribution in [-0.2, 0) is 11.2 Å². The minimum Gasteiger partial charge on any atom is -0.299 e. The van der Waals surface area contributed by atoms with Crippen LogP contribution in [0.4, 0.5) is 0 Å². The standard InChI is InChI=1S/C15H19ClO/c1-11-6-5-9-15(2,14(11)17)10-12-7-3-4-8-13(12)16/h3-4,7-8,11H,5-6,9-10H2,1-2H3. The molecule has 0 heterocycles. The van der Waals surface area contributed by atoms with Crippen LogP contribution in [0, 0.1) is 11.3 Å². The van der Waals surface area contributed by atoms with Crippen LogP contribution >= 0.6 is 11.6 Å². The summed E-state index contributed by atoms with van der Waals surface area (Å²) in [6, 6.07) is 7.85. The summed E-state index contributed by atoms with van der Waals surface area (Å²) in [5.74, 6) is 0.611. The SMILES string of the molecule is CC1CCCC(C)(Cc2ccccc2Cl)C1=O. The third kappa shape index (κ3) is 2.55. The summed E-state index contributed by atoms with van der Waals surface area (Å²) in [5, 5.41) is 0.778. The van der Waals surface area contributed by atoms with Gasteiger partial charge in [0.05, 0.1) is 0 Å². The van der Waals surface area contributed by atoms with E-state index in [9.17, 15) is 4.79 Å². The van der Waals surface area contributed by atoms with Crippen LogP contribution in [0.3, 0.4) is 0 Å². The van der Waals surface area contributed by atoms with Crippen LogP contribution in [0.5, 0.6) is 0 Å². The van der Waals surface area contributed by atoms with Gasteiger partial charge >= 0.3 is 0 Å². The number of ketones is 1. The Hall–Kier alpha value is -0.820. The zero-order chi connectivity index (χ0) is 12.5. The molecule has 1 aromatic rings. The summed E-state index contributed by atoms with van der Waals surface area (Å²) in [5.41, 5.74) is 0.877. The first-order valence-corrected chi connectivity index (χ1v) is 6.68. The molecule has 2 heteroatoms. The van der Waals surface area contributed by atoms with Gasteiger partial charge in [-0.1, -0.05) is 50.1 Å². The lowest BCUT2D eigenvalue weighted by molar-refractivity contribution is -0.134. The van der Waals surface area contributed by atoms with Gasteiger partial charge in [0.2, 0.25) is 0 Å². The van der Waals surface area contributed by atoms with E-state index in [1.807, 2.05) is 31.2 Å². The Bertz CT molecular complexity index is 427. The van der Waals surface area contributed by atoms with E-state index in [1.165, 1.54) is 0 Å². The molecule has 92 valence electrons. The number of rotatable bonds is 2. The van der Waals surface area contributed by atoms with Gasteiger partial charge in [-0.2, -0.15) is 0 Å². The molecule has 0 bridgehead atoms. The van der Waals surface area contributed by atoms with Crippen LogP contribution < -0.4 is 0 Å². The first-order valence-electron chi connectivity index (χ1n) is 6.31. The maximum absolute atomic E-state index is 12.3. The van der Waals surface area contributed by atoms with Crippen molar-refractivity contribution in [2.24, 2.45) is 11.3 Å². The highest BCUT2D eigenvalue weighted by Gasteiger charge is 2.39. The smallest absolute Gasteiger partial charge is 0.141 e. The molecule has 0 aliphatic heterocycles. The fourth-order valence-electron chi connectivity index (χ4n) is 2.89. The van der Waals surface area contributed by atoms with Crippen molar-refractivity contribution in [2.75, 3.05) is 0 Å². The summed E-state index contributed by atoms with van der Waals surface area (Å²) in [7, 11) is 0. The fourth-order valence-corrected chi connectivity index (χ4v) is 3.09. The lowest BCUT2D eigenvalue weighted by atomic mass is 9.67. The van der Waals surface area contributed by atoms with Crippen molar-refractivity contribution in [3.63, 3.8) is 0 Å². The fraction of sp³-hybridized carbons (Fsp3) is 0.533. The predicted molar refractivity (Wildman–Crippen MR) is 71.3 cm³/mol. The number of hydrogen-bond acceptors (Lipinski definition) is 1. The lowest BCUT2D eigenvalue weighted by Crippen LogP contribution is -2.38. The van der Waals surface area contributed by atoms with E-state index in [2.05, 4.69) is 6.92 Å². The Morgan fingerprint density at radius 2 is 2.12 bits per heavy atom. The maximum atomic E-state index is 12.3. The first-order chi connectivity index (χ1) is 8.03. The molecule has 0 aromatic heterocycles. The Kier molecular flexibility index (Phi) is 3.58. The summed E-state index contributed by atoms with van der Waals surface area (Å²) in [4.78, 5) is 12.3. The van der Waals surface area contributed by atoms with E-state index in [0.29, 0.717) is 5.78 Å². The molecule has 1 nitrogen and oxygen atoms in total. The van der Waals surface area contributed by atoms with Gasteiger partial charge in [-0.15, -0.1) is 0 Å². The molecule has 0 saturated heterocycles. The maximum Gasteiger partial charge on any atom is 0.141 e. The van der Waals surface area contributed by atoms with Crippen LogP contribution in [0.25, 0.3) is 0 Å². The highest BCUT2D eigenvalue weighted by Crippen LogP contribution is 2.39. The summed E-state index contributed by atoms with van der Waals surface area (Å²) >= 11 is 6.18. The predicted octanol–water partition coefficient (Wildman–Crippen LogP) is 4.28. The Morgan fingerprint density at radius 3 is 2.82 bits per heavy atom. The molecule has 1 aromatic carbocycles. The molecule has 1 aliphatic rings. The van der Waals surface area contributed by atoms with Crippen LogP contribution in [-0.4, -0.2) is 5.78 Å². The van der Waals surface area contributed by atoms with Crippen molar-refractivity contribution in [3.8, 4) is 0 Å². The number of benzene rings is 1. The molecular weight excluding hydrogens is 232 g/mol. The molecule has 1 saturated carbocycles.